The molecule has 9 heteroatoms. The van der Waals surface area contributed by atoms with Gasteiger partial charge in [-0.05, 0) is 39.3 Å². The summed E-state index contributed by atoms with van der Waals surface area (Å²) in [5, 5.41) is 8.54. The predicted octanol–water partition coefficient (Wildman–Crippen LogP) is 2.71. The normalized spacial score (nSPS) is 16.7. The Labute approximate surface area is 169 Å². The zero-order chi connectivity index (χ0) is 20.8. The second-order valence-corrected chi connectivity index (χ2v) is 8.26. The number of fused-ring (bicyclic) bond motifs is 1. The first-order chi connectivity index (χ1) is 13.7. The Morgan fingerprint density at radius 3 is 2.83 bits per heavy atom. The Bertz CT molecular complexity index is 1050. The predicted molar refractivity (Wildman–Crippen MR) is 109 cm³/mol. The van der Waals surface area contributed by atoms with Gasteiger partial charge in [0.1, 0.15) is 23.7 Å². The molecule has 0 unspecified atom stereocenters. The number of aromatic nitrogens is 4. The van der Waals surface area contributed by atoms with Gasteiger partial charge < -0.3 is 20.1 Å². The van der Waals surface area contributed by atoms with Crippen molar-refractivity contribution in [3.8, 4) is 17.0 Å². The van der Waals surface area contributed by atoms with Gasteiger partial charge in [0, 0.05) is 31.4 Å². The molecule has 0 bridgehead atoms. The van der Waals surface area contributed by atoms with Crippen LogP contribution < -0.4 is 10.5 Å². The van der Waals surface area contributed by atoms with Gasteiger partial charge in [-0.3, -0.25) is 4.68 Å². The van der Waals surface area contributed by atoms with Crippen molar-refractivity contribution in [2.45, 2.75) is 38.8 Å². The van der Waals surface area contributed by atoms with Crippen LogP contribution in [0, 0.1) is 0 Å². The molecule has 0 radical (unpaired) electrons. The Morgan fingerprint density at radius 2 is 2.14 bits per heavy atom. The SMILES string of the molecule is Cn1ncc(OC[C@@H]2CCN2C(=O)OC(C)(C)C)c1-c1ccn2nc(N)cc2c1. The van der Waals surface area contributed by atoms with Crippen molar-refractivity contribution in [3.05, 3.63) is 30.6 Å². The van der Waals surface area contributed by atoms with Gasteiger partial charge in [-0.2, -0.15) is 10.2 Å². The van der Waals surface area contributed by atoms with Gasteiger partial charge in [-0.1, -0.05) is 0 Å². The Morgan fingerprint density at radius 1 is 1.34 bits per heavy atom. The van der Waals surface area contributed by atoms with Crippen molar-refractivity contribution in [1.29, 1.82) is 0 Å². The second kappa shape index (κ2) is 6.98. The third kappa shape index (κ3) is 3.85. The van der Waals surface area contributed by atoms with Crippen LogP contribution in [-0.2, 0) is 11.8 Å². The molecule has 3 aromatic heterocycles. The molecule has 29 heavy (non-hydrogen) atoms. The van der Waals surface area contributed by atoms with Gasteiger partial charge in [0.25, 0.3) is 0 Å². The highest BCUT2D eigenvalue weighted by Crippen LogP contribution is 2.31. The van der Waals surface area contributed by atoms with E-state index in [0.717, 1.165) is 23.2 Å². The van der Waals surface area contributed by atoms with Crippen molar-refractivity contribution >= 4 is 17.4 Å². The zero-order valence-electron chi connectivity index (χ0n) is 17.1. The minimum absolute atomic E-state index is 0.00462. The quantitative estimate of drug-likeness (QED) is 0.725. The number of carbonyl (C=O) groups is 1. The third-order valence-corrected chi connectivity index (χ3v) is 4.86. The molecule has 2 N–H and O–H groups in total. The van der Waals surface area contributed by atoms with E-state index < -0.39 is 5.60 Å². The van der Waals surface area contributed by atoms with Crippen LogP contribution in [0.2, 0.25) is 0 Å². The highest BCUT2D eigenvalue weighted by atomic mass is 16.6. The molecule has 154 valence electrons. The molecule has 1 amide bonds. The van der Waals surface area contributed by atoms with E-state index in [1.54, 1.807) is 20.3 Å². The average Bonchev–Trinajstić information content (AvgIpc) is 3.13. The van der Waals surface area contributed by atoms with Gasteiger partial charge in [0.05, 0.1) is 17.8 Å². The fraction of sp³-hybridized carbons (Fsp3) is 0.450. The maximum atomic E-state index is 12.3. The lowest BCUT2D eigenvalue weighted by Crippen LogP contribution is -2.55. The topological polar surface area (TPSA) is 99.9 Å². The van der Waals surface area contributed by atoms with Crippen LogP contribution in [0.15, 0.2) is 30.6 Å². The number of pyridine rings is 1. The summed E-state index contributed by atoms with van der Waals surface area (Å²) < 4.78 is 15.0. The van der Waals surface area contributed by atoms with Crippen LogP contribution in [0.3, 0.4) is 0 Å². The number of aryl methyl sites for hydroxylation is 1. The lowest BCUT2D eigenvalue weighted by molar-refractivity contribution is -0.0141. The maximum Gasteiger partial charge on any atom is 0.410 e. The summed E-state index contributed by atoms with van der Waals surface area (Å²) in [7, 11) is 1.87. The average molecular weight is 398 g/mol. The summed E-state index contributed by atoms with van der Waals surface area (Å²) in [5.41, 5.74) is 7.97. The van der Waals surface area contributed by atoms with E-state index in [-0.39, 0.29) is 12.1 Å². The highest BCUT2D eigenvalue weighted by Gasteiger charge is 2.36. The molecule has 1 aliphatic rings. The third-order valence-electron chi connectivity index (χ3n) is 4.86. The molecule has 0 spiro atoms. The van der Waals surface area contributed by atoms with Crippen molar-refractivity contribution in [3.63, 3.8) is 0 Å². The second-order valence-electron chi connectivity index (χ2n) is 8.26. The molecule has 0 aliphatic carbocycles. The van der Waals surface area contributed by atoms with Gasteiger partial charge in [0.2, 0.25) is 0 Å². The van der Waals surface area contributed by atoms with Crippen LogP contribution in [0.5, 0.6) is 5.75 Å². The standard InChI is InChI=1S/C20H26N6O3/c1-20(2,3)29-19(27)25-7-6-14(25)12-28-16-11-22-24(4)18(16)13-5-8-26-15(9-13)10-17(21)23-26/h5,8-11,14H,6-7,12H2,1-4H3,(H2,21,23)/t14-/m0/s1. The Balaban J connectivity index is 1.48. The number of carbonyl (C=O) groups excluding carboxylic acids is 1. The summed E-state index contributed by atoms with van der Waals surface area (Å²) in [6.45, 7) is 6.66. The van der Waals surface area contributed by atoms with Crippen LogP contribution in [0.4, 0.5) is 10.6 Å². The first kappa shape index (κ1) is 19.1. The number of hydrogen-bond donors (Lipinski definition) is 1. The number of likely N-dealkylation sites (tertiary alicyclic amines) is 1. The van der Waals surface area contributed by atoms with Gasteiger partial charge in [-0.15, -0.1) is 0 Å². The molecule has 4 rings (SSSR count). The summed E-state index contributed by atoms with van der Waals surface area (Å²) >= 11 is 0. The van der Waals surface area contributed by atoms with Crippen molar-refractivity contribution in [1.82, 2.24) is 24.3 Å². The molecular weight excluding hydrogens is 372 g/mol. The first-order valence-electron chi connectivity index (χ1n) is 9.61. The summed E-state index contributed by atoms with van der Waals surface area (Å²) in [4.78, 5) is 14.0. The smallest absolute Gasteiger partial charge is 0.410 e. The number of rotatable bonds is 4. The Hall–Kier alpha value is -3.23. The summed E-state index contributed by atoms with van der Waals surface area (Å²) in [5.74, 6) is 1.14. The van der Waals surface area contributed by atoms with Crippen molar-refractivity contribution in [2.24, 2.45) is 7.05 Å². The number of amides is 1. The number of hydrogen-bond acceptors (Lipinski definition) is 6. The van der Waals surface area contributed by atoms with Crippen LogP contribution in [0.1, 0.15) is 27.2 Å². The van der Waals surface area contributed by atoms with E-state index in [9.17, 15) is 4.79 Å². The van der Waals surface area contributed by atoms with E-state index in [1.165, 1.54) is 0 Å². The van der Waals surface area contributed by atoms with E-state index in [2.05, 4.69) is 10.2 Å². The summed E-state index contributed by atoms with van der Waals surface area (Å²) in [6, 6.07) is 5.74. The van der Waals surface area contributed by atoms with Gasteiger partial charge in [-0.25, -0.2) is 9.31 Å². The van der Waals surface area contributed by atoms with Crippen LogP contribution in [-0.4, -0.2) is 55.2 Å². The molecule has 1 fully saturated rings. The first-order valence-corrected chi connectivity index (χ1v) is 9.61. The fourth-order valence-corrected chi connectivity index (χ4v) is 3.37. The molecule has 3 aromatic rings. The Kier molecular flexibility index (Phi) is 4.60. The van der Waals surface area contributed by atoms with Crippen molar-refractivity contribution < 1.29 is 14.3 Å². The number of nitrogens with zero attached hydrogens (tertiary/aromatic N) is 5. The molecule has 1 atom stereocenters. The van der Waals surface area contributed by atoms with Gasteiger partial charge in [0.15, 0.2) is 5.75 Å². The lowest BCUT2D eigenvalue weighted by Gasteiger charge is -2.40. The molecule has 1 saturated heterocycles. The molecule has 0 aromatic carbocycles. The lowest BCUT2D eigenvalue weighted by atomic mass is 10.1. The zero-order valence-corrected chi connectivity index (χ0v) is 17.1. The highest BCUT2D eigenvalue weighted by molar-refractivity contribution is 5.72. The largest absolute Gasteiger partial charge is 0.487 e. The molecule has 9 nitrogen and oxygen atoms in total. The van der Waals surface area contributed by atoms with Gasteiger partial charge >= 0.3 is 6.09 Å². The number of nitrogens with two attached hydrogens (primary N) is 1. The number of nitrogen functional groups attached to an aromatic ring is 1. The van der Waals surface area contributed by atoms with E-state index in [0.29, 0.717) is 24.7 Å². The van der Waals surface area contributed by atoms with Crippen LogP contribution >= 0.6 is 0 Å². The summed E-state index contributed by atoms with van der Waals surface area (Å²) in [6.07, 6.45) is 4.14. The van der Waals surface area contributed by atoms with E-state index in [1.807, 2.05) is 52.2 Å². The number of anilines is 1. The number of ether oxygens (including phenoxy) is 2. The maximum absolute atomic E-state index is 12.3. The van der Waals surface area contributed by atoms with E-state index >= 15 is 0 Å². The van der Waals surface area contributed by atoms with Crippen LogP contribution in [0.25, 0.3) is 16.8 Å². The van der Waals surface area contributed by atoms with E-state index in [4.69, 9.17) is 15.2 Å². The minimum Gasteiger partial charge on any atom is -0.487 e. The fourth-order valence-electron chi connectivity index (χ4n) is 3.37. The monoisotopic (exact) mass is 398 g/mol. The molecule has 4 heterocycles. The van der Waals surface area contributed by atoms with Crippen molar-refractivity contribution in [2.75, 3.05) is 18.9 Å². The molecular formula is C20H26N6O3. The minimum atomic E-state index is -0.510. The molecule has 0 saturated carbocycles. The molecule has 1 aliphatic heterocycles.